The van der Waals surface area contributed by atoms with Gasteiger partial charge in [0.2, 0.25) is 5.85 Å². The molecule has 2 heterocycles. The summed E-state index contributed by atoms with van der Waals surface area (Å²) in [6.45, 7) is 4.56. The molecule has 0 saturated carbocycles. The fourth-order valence-corrected chi connectivity index (χ4v) is 1.48. The summed E-state index contributed by atoms with van der Waals surface area (Å²) in [5.74, 6) is 0.337. The highest BCUT2D eigenvalue weighted by molar-refractivity contribution is 5.70. The number of anilines is 2. The van der Waals surface area contributed by atoms with Crippen LogP contribution in [0.15, 0.2) is 18.3 Å². The summed E-state index contributed by atoms with van der Waals surface area (Å²) in [4.78, 5) is 4.18. The van der Waals surface area contributed by atoms with Crippen LogP contribution in [-0.2, 0) is 4.74 Å². The van der Waals surface area contributed by atoms with Crippen molar-refractivity contribution in [2.45, 2.75) is 19.7 Å². The molecular formula is C9H13N3O. The summed E-state index contributed by atoms with van der Waals surface area (Å²) in [5, 5.41) is 6.38. The zero-order chi connectivity index (χ0) is 9.31. The van der Waals surface area contributed by atoms with Crippen LogP contribution in [0.4, 0.5) is 11.5 Å². The number of aromatic nitrogens is 1. The first-order valence-corrected chi connectivity index (χ1v) is 4.39. The molecule has 0 aromatic carbocycles. The third kappa shape index (κ3) is 1.45. The SMILES string of the molecule is CCOC1(C)Nc2cccnc2N1. The molecule has 1 aromatic heterocycles. The Morgan fingerprint density at radius 1 is 1.54 bits per heavy atom. The maximum absolute atomic E-state index is 5.51. The molecule has 0 fully saturated rings. The molecule has 1 aromatic rings. The van der Waals surface area contributed by atoms with Crippen molar-refractivity contribution >= 4 is 11.5 Å². The van der Waals surface area contributed by atoms with Gasteiger partial charge in [-0.1, -0.05) is 0 Å². The molecule has 70 valence electrons. The molecule has 2 rings (SSSR count). The van der Waals surface area contributed by atoms with Crippen molar-refractivity contribution in [3.05, 3.63) is 18.3 Å². The van der Waals surface area contributed by atoms with E-state index in [2.05, 4.69) is 15.6 Å². The molecule has 0 saturated heterocycles. The maximum Gasteiger partial charge on any atom is 0.214 e. The fraction of sp³-hybridized carbons (Fsp3) is 0.444. The minimum absolute atomic E-state index is 0.508. The van der Waals surface area contributed by atoms with Crippen molar-refractivity contribution in [1.82, 2.24) is 4.98 Å². The summed E-state index contributed by atoms with van der Waals surface area (Å²) in [5.41, 5.74) is 0.985. The van der Waals surface area contributed by atoms with E-state index in [1.807, 2.05) is 26.0 Å². The van der Waals surface area contributed by atoms with Crippen molar-refractivity contribution in [3.63, 3.8) is 0 Å². The van der Waals surface area contributed by atoms with E-state index in [0.717, 1.165) is 11.5 Å². The second-order valence-electron chi connectivity index (χ2n) is 3.12. The summed E-state index contributed by atoms with van der Waals surface area (Å²) < 4.78 is 5.51. The van der Waals surface area contributed by atoms with Crippen molar-refractivity contribution < 1.29 is 4.74 Å². The summed E-state index contributed by atoms with van der Waals surface area (Å²) >= 11 is 0. The van der Waals surface area contributed by atoms with Gasteiger partial charge in [0.15, 0.2) is 5.82 Å². The molecule has 4 nitrogen and oxygen atoms in total. The van der Waals surface area contributed by atoms with Crippen molar-refractivity contribution in [2.24, 2.45) is 0 Å². The first kappa shape index (κ1) is 8.31. The monoisotopic (exact) mass is 179 g/mol. The van der Waals surface area contributed by atoms with Crippen LogP contribution in [0.25, 0.3) is 0 Å². The van der Waals surface area contributed by atoms with Gasteiger partial charge in [-0.05, 0) is 19.1 Å². The van der Waals surface area contributed by atoms with Gasteiger partial charge in [0.1, 0.15) is 0 Å². The van der Waals surface area contributed by atoms with Gasteiger partial charge in [-0.3, -0.25) is 0 Å². The van der Waals surface area contributed by atoms with Crippen LogP contribution in [0.1, 0.15) is 13.8 Å². The largest absolute Gasteiger partial charge is 0.339 e. The van der Waals surface area contributed by atoms with Gasteiger partial charge in [0.05, 0.1) is 5.69 Å². The van der Waals surface area contributed by atoms with Crippen molar-refractivity contribution in [2.75, 3.05) is 17.2 Å². The lowest BCUT2D eigenvalue weighted by Gasteiger charge is -2.24. The Hall–Kier alpha value is -1.29. The van der Waals surface area contributed by atoms with Crippen molar-refractivity contribution in [3.8, 4) is 0 Å². The van der Waals surface area contributed by atoms with Gasteiger partial charge < -0.3 is 15.4 Å². The molecule has 4 heteroatoms. The Bertz CT molecular complexity index is 288. The van der Waals surface area contributed by atoms with E-state index < -0.39 is 5.85 Å². The van der Waals surface area contributed by atoms with E-state index in [1.165, 1.54) is 0 Å². The molecule has 1 aliphatic rings. The summed E-state index contributed by atoms with van der Waals surface area (Å²) in [6.07, 6.45) is 1.76. The highest BCUT2D eigenvalue weighted by atomic mass is 16.5. The quantitative estimate of drug-likeness (QED) is 0.724. The molecule has 1 atom stereocenters. The highest BCUT2D eigenvalue weighted by Crippen LogP contribution is 2.31. The van der Waals surface area contributed by atoms with Gasteiger partial charge in [0, 0.05) is 19.7 Å². The lowest BCUT2D eigenvalue weighted by Crippen LogP contribution is -2.41. The molecule has 0 amide bonds. The zero-order valence-corrected chi connectivity index (χ0v) is 7.79. The molecular weight excluding hydrogens is 166 g/mol. The van der Waals surface area contributed by atoms with Gasteiger partial charge in [0.25, 0.3) is 0 Å². The molecule has 0 radical (unpaired) electrons. The van der Waals surface area contributed by atoms with Crippen LogP contribution >= 0.6 is 0 Å². The number of fused-ring (bicyclic) bond motifs is 1. The first-order chi connectivity index (χ1) is 6.23. The second kappa shape index (κ2) is 2.88. The Labute approximate surface area is 77.3 Å². The van der Waals surface area contributed by atoms with E-state index in [1.54, 1.807) is 6.20 Å². The lowest BCUT2D eigenvalue weighted by atomic mass is 10.4. The highest BCUT2D eigenvalue weighted by Gasteiger charge is 2.32. The van der Waals surface area contributed by atoms with Crippen LogP contribution in [0.3, 0.4) is 0 Å². The number of nitrogens with zero attached hydrogens (tertiary/aromatic N) is 1. The van der Waals surface area contributed by atoms with Gasteiger partial charge in [-0.2, -0.15) is 0 Å². The summed E-state index contributed by atoms with van der Waals surface area (Å²) in [7, 11) is 0. The molecule has 0 spiro atoms. The third-order valence-corrected chi connectivity index (χ3v) is 1.97. The Balaban J connectivity index is 2.21. The topological polar surface area (TPSA) is 46.2 Å². The number of rotatable bonds is 2. The Kier molecular flexibility index (Phi) is 1.84. The minimum atomic E-state index is -0.508. The standard InChI is InChI=1S/C9H13N3O/c1-3-13-9(2)11-7-5-4-6-10-8(7)12-9/h4-6,11H,3H2,1-2H3,(H,10,12). The number of nitrogens with one attached hydrogen (secondary N) is 2. The molecule has 2 N–H and O–H groups in total. The van der Waals surface area contributed by atoms with Gasteiger partial charge in [-0.25, -0.2) is 4.98 Å². The molecule has 1 unspecified atom stereocenters. The van der Waals surface area contributed by atoms with Crippen LogP contribution < -0.4 is 10.6 Å². The van der Waals surface area contributed by atoms with E-state index in [9.17, 15) is 0 Å². The lowest BCUT2D eigenvalue weighted by molar-refractivity contribution is 0.0237. The summed E-state index contributed by atoms with van der Waals surface area (Å²) in [6, 6.07) is 3.87. The fourth-order valence-electron chi connectivity index (χ4n) is 1.48. The molecule has 1 aliphatic heterocycles. The van der Waals surface area contributed by atoms with E-state index in [0.29, 0.717) is 6.61 Å². The number of hydrogen-bond acceptors (Lipinski definition) is 4. The average Bonchev–Trinajstić information content (AvgIpc) is 2.40. The maximum atomic E-state index is 5.51. The van der Waals surface area contributed by atoms with Crippen LogP contribution in [0.2, 0.25) is 0 Å². The van der Waals surface area contributed by atoms with E-state index >= 15 is 0 Å². The number of pyridine rings is 1. The molecule has 13 heavy (non-hydrogen) atoms. The second-order valence-corrected chi connectivity index (χ2v) is 3.12. The van der Waals surface area contributed by atoms with Crippen LogP contribution in [0, 0.1) is 0 Å². The zero-order valence-electron chi connectivity index (χ0n) is 7.79. The number of hydrogen-bond donors (Lipinski definition) is 2. The molecule has 0 bridgehead atoms. The predicted octanol–water partition coefficient (Wildman–Crippen LogP) is 1.63. The first-order valence-electron chi connectivity index (χ1n) is 4.39. The van der Waals surface area contributed by atoms with Crippen LogP contribution in [-0.4, -0.2) is 17.4 Å². The minimum Gasteiger partial charge on any atom is -0.339 e. The predicted molar refractivity (Wildman–Crippen MR) is 51.5 cm³/mol. The smallest absolute Gasteiger partial charge is 0.214 e. The van der Waals surface area contributed by atoms with Crippen molar-refractivity contribution in [1.29, 1.82) is 0 Å². The van der Waals surface area contributed by atoms with Crippen LogP contribution in [0.5, 0.6) is 0 Å². The van der Waals surface area contributed by atoms with E-state index in [-0.39, 0.29) is 0 Å². The normalized spacial score (nSPS) is 24.8. The van der Waals surface area contributed by atoms with E-state index in [4.69, 9.17) is 4.74 Å². The third-order valence-electron chi connectivity index (χ3n) is 1.97. The van der Waals surface area contributed by atoms with Gasteiger partial charge >= 0.3 is 0 Å². The number of ether oxygens (including phenoxy) is 1. The average molecular weight is 179 g/mol. The van der Waals surface area contributed by atoms with Gasteiger partial charge in [-0.15, -0.1) is 0 Å². The molecule has 0 aliphatic carbocycles. The Morgan fingerprint density at radius 2 is 2.38 bits per heavy atom. The Morgan fingerprint density at radius 3 is 3.08 bits per heavy atom.